The summed E-state index contributed by atoms with van der Waals surface area (Å²) < 4.78 is 40.6. The largest absolute Gasteiger partial charge is 0.416 e. The maximum Gasteiger partial charge on any atom is 0.416 e. The summed E-state index contributed by atoms with van der Waals surface area (Å²) in [5.74, 6) is -0.573. The molecule has 8 heteroatoms. The van der Waals surface area contributed by atoms with Crippen molar-refractivity contribution in [2.75, 3.05) is 5.73 Å². The Bertz CT molecular complexity index is 1020. The highest BCUT2D eigenvalue weighted by molar-refractivity contribution is 6.04. The van der Waals surface area contributed by atoms with Gasteiger partial charge in [0, 0.05) is 5.57 Å². The molecular formula is C23H29F3N4O. The van der Waals surface area contributed by atoms with E-state index in [0.717, 1.165) is 25.0 Å². The molecule has 0 aliphatic heterocycles. The Morgan fingerprint density at radius 1 is 1.23 bits per heavy atom. The predicted octanol–water partition coefficient (Wildman–Crippen LogP) is 5.54. The number of aryl methyl sites for hydroxylation is 1. The number of carbonyl (C=O) groups excluding carboxylic acids is 1. The summed E-state index contributed by atoms with van der Waals surface area (Å²) in [6.45, 7) is 9.30. The fourth-order valence-electron chi connectivity index (χ4n) is 3.14. The minimum atomic E-state index is -4.42. The summed E-state index contributed by atoms with van der Waals surface area (Å²) in [5.41, 5.74) is 12.5. The van der Waals surface area contributed by atoms with Crippen LogP contribution in [0.4, 0.5) is 19.0 Å². The highest BCUT2D eigenvalue weighted by atomic mass is 19.4. The Kier molecular flexibility index (Phi) is 7.03. The number of allylic oxidation sites excluding steroid dienone is 3. The van der Waals surface area contributed by atoms with Crippen LogP contribution >= 0.6 is 0 Å². The number of amides is 1. The second-order valence-electron chi connectivity index (χ2n) is 8.42. The van der Waals surface area contributed by atoms with Gasteiger partial charge in [-0.15, -0.1) is 0 Å². The van der Waals surface area contributed by atoms with Gasteiger partial charge in [-0.2, -0.15) is 18.3 Å². The quantitative estimate of drug-likeness (QED) is 0.585. The number of aromatic nitrogens is 2. The van der Waals surface area contributed by atoms with Crippen molar-refractivity contribution in [2.45, 2.75) is 59.2 Å². The molecule has 0 bridgehead atoms. The molecule has 0 fully saturated rings. The number of alkyl halides is 3. The fourth-order valence-corrected chi connectivity index (χ4v) is 3.14. The van der Waals surface area contributed by atoms with Crippen molar-refractivity contribution in [3.8, 4) is 0 Å². The third-order valence-corrected chi connectivity index (χ3v) is 4.74. The first-order valence-electron chi connectivity index (χ1n) is 10.0. The number of carbonyl (C=O) groups is 1. The van der Waals surface area contributed by atoms with Crippen LogP contribution in [0.5, 0.6) is 0 Å². The molecule has 0 atom stereocenters. The van der Waals surface area contributed by atoms with E-state index in [0.29, 0.717) is 22.4 Å². The molecule has 0 radical (unpaired) electrons. The zero-order valence-electron chi connectivity index (χ0n) is 18.5. The summed E-state index contributed by atoms with van der Waals surface area (Å²) in [5, 5.41) is 4.56. The second-order valence-corrected chi connectivity index (χ2v) is 8.42. The molecule has 4 N–H and O–H groups in total. The molecule has 0 spiro atoms. The zero-order chi connectivity index (χ0) is 23.6. The molecule has 168 valence electrons. The van der Waals surface area contributed by atoms with Crippen LogP contribution in [0.25, 0.3) is 11.6 Å². The number of rotatable bonds is 6. The van der Waals surface area contributed by atoms with Crippen LogP contribution in [0.3, 0.4) is 0 Å². The fraction of sp³-hybridized carbons (Fsp3) is 0.391. The van der Waals surface area contributed by atoms with Crippen LogP contribution in [-0.2, 0) is 11.7 Å². The van der Waals surface area contributed by atoms with Crippen LogP contribution < -0.4 is 11.5 Å². The van der Waals surface area contributed by atoms with Crippen LogP contribution in [0.15, 0.2) is 30.4 Å². The Morgan fingerprint density at radius 3 is 2.35 bits per heavy atom. The van der Waals surface area contributed by atoms with E-state index in [1.807, 2.05) is 33.8 Å². The van der Waals surface area contributed by atoms with E-state index in [-0.39, 0.29) is 11.4 Å². The van der Waals surface area contributed by atoms with E-state index >= 15 is 0 Å². The van der Waals surface area contributed by atoms with Gasteiger partial charge in [-0.25, -0.2) is 4.68 Å². The van der Waals surface area contributed by atoms with E-state index in [1.54, 1.807) is 19.1 Å². The van der Waals surface area contributed by atoms with E-state index < -0.39 is 23.2 Å². The van der Waals surface area contributed by atoms with Crippen molar-refractivity contribution in [2.24, 2.45) is 5.73 Å². The molecule has 1 amide bonds. The van der Waals surface area contributed by atoms with Crippen molar-refractivity contribution >= 4 is 23.4 Å². The van der Waals surface area contributed by atoms with Crippen molar-refractivity contribution in [3.63, 3.8) is 0 Å². The molecule has 2 aromatic rings. The Labute approximate surface area is 180 Å². The first kappa shape index (κ1) is 24.2. The SMILES string of the molecule is CCCC=CC(=Cc1ccc(C(F)(F)F)cc1C)c1nn(C(C)(C)C)c(N)c1C(N)=O. The molecule has 2 rings (SSSR count). The van der Waals surface area contributed by atoms with Gasteiger partial charge >= 0.3 is 6.18 Å². The van der Waals surface area contributed by atoms with Crippen LogP contribution in [-0.4, -0.2) is 15.7 Å². The topological polar surface area (TPSA) is 86.9 Å². The van der Waals surface area contributed by atoms with E-state index in [9.17, 15) is 18.0 Å². The van der Waals surface area contributed by atoms with Crippen molar-refractivity contribution in [1.29, 1.82) is 0 Å². The number of halogens is 3. The van der Waals surface area contributed by atoms with Gasteiger partial charge in [0.05, 0.1) is 11.1 Å². The molecule has 0 saturated carbocycles. The average Bonchev–Trinajstić information content (AvgIpc) is 2.99. The number of nitrogens with zero attached hydrogens (tertiary/aromatic N) is 2. The van der Waals surface area contributed by atoms with Gasteiger partial charge in [0.15, 0.2) is 0 Å². The lowest BCUT2D eigenvalue weighted by Gasteiger charge is -2.20. The Balaban J connectivity index is 2.73. The minimum Gasteiger partial charge on any atom is -0.383 e. The smallest absolute Gasteiger partial charge is 0.383 e. The highest BCUT2D eigenvalue weighted by Gasteiger charge is 2.31. The summed E-state index contributed by atoms with van der Waals surface area (Å²) in [4.78, 5) is 12.2. The van der Waals surface area contributed by atoms with Crippen LogP contribution in [0.2, 0.25) is 0 Å². The first-order valence-corrected chi connectivity index (χ1v) is 10.0. The first-order chi connectivity index (χ1) is 14.3. The van der Waals surface area contributed by atoms with Gasteiger partial charge in [0.25, 0.3) is 5.91 Å². The molecule has 5 nitrogen and oxygen atoms in total. The van der Waals surface area contributed by atoms with E-state index in [2.05, 4.69) is 5.10 Å². The van der Waals surface area contributed by atoms with Crippen molar-refractivity contribution in [3.05, 3.63) is 58.3 Å². The molecule has 1 aromatic heterocycles. The minimum absolute atomic E-state index is 0.0897. The molecular weight excluding hydrogens is 405 g/mol. The average molecular weight is 435 g/mol. The third kappa shape index (κ3) is 5.57. The zero-order valence-corrected chi connectivity index (χ0v) is 18.5. The van der Waals surface area contributed by atoms with Crippen LogP contribution in [0.1, 0.15) is 73.3 Å². The lowest BCUT2D eigenvalue weighted by molar-refractivity contribution is -0.137. The number of hydrogen-bond acceptors (Lipinski definition) is 3. The standard InChI is InChI=1S/C23H29F3N4O/c1-6-7-8-9-16(13-15-10-11-17(12-14(15)2)23(24,25)26)19-18(21(28)31)20(27)30(29-19)22(3,4)5/h8-13H,6-7,27H2,1-5H3,(H2,28,31). The maximum atomic E-state index is 13.0. The molecule has 0 aliphatic rings. The maximum absolute atomic E-state index is 13.0. The summed E-state index contributed by atoms with van der Waals surface area (Å²) >= 11 is 0. The Morgan fingerprint density at radius 2 is 1.87 bits per heavy atom. The number of unbranched alkanes of at least 4 members (excludes halogenated alkanes) is 1. The van der Waals surface area contributed by atoms with Crippen molar-refractivity contribution in [1.82, 2.24) is 9.78 Å². The number of benzene rings is 1. The molecule has 1 aromatic carbocycles. The van der Waals surface area contributed by atoms with Gasteiger partial charge < -0.3 is 11.5 Å². The van der Waals surface area contributed by atoms with Crippen molar-refractivity contribution < 1.29 is 18.0 Å². The summed E-state index contributed by atoms with van der Waals surface area (Å²) in [6.07, 6.45) is 2.68. The van der Waals surface area contributed by atoms with Gasteiger partial charge in [-0.1, -0.05) is 31.6 Å². The lowest BCUT2D eigenvalue weighted by Crippen LogP contribution is -2.25. The number of nitrogen functional groups attached to an aromatic ring is 1. The normalized spacial score (nSPS) is 13.2. The van der Waals surface area contributed by atoms with Gasteiger partial charge in [0.2, 0.25) is 0 Å². The number of nitrogens with two attached hydrogens (primary N) is 2. The van der Waals surface area contributed by atoms with E-state index in [1.165, 1.54) is 10.7 Å². The van der Waals surface area contributed by atoms with Gasteiger partial charge in [-0.05, 0) is 63.5 Å². The third-order valence-electron chi connectivity index (χ3n) is 4.74. The summed E-state index contributed by atoms with van der Waals surface area (Å²) in [7, 11) is 0. The number of anilines is 1. The number of hydrogen-bond donors (Lipinski definition) is 2. The number of primary amides is 1. The lowest BCUT2D eigenvalue weighted by atomic mass is 9.99. The monoisotopic (exact) mass is 434 g/mol. The van der Waals surface area contributed by atoms with E-state index in [4.69, 9.17) is 11.5 Å². The molecule has 0 aliphatic carbocycles. The molecule has 1 heterocycles. The summed E-state index contributed by atoms with van der Waals surface area (Å²) in [6, 6.07) is 3.53. The van der Waals surface area contributed by atoms with Crippen LogP contribution in [0, 0.1) is 6.92 Å². The second kappa shape index (κ2) is 8.99. The van der Waals surface area contributed by atoms with Gasteiger partial charge in [-0.3, -0.25) is 4.79 Å². The van der Waals surface area contributed by atoms with Gasteiger partial charge in [0.1, 0.15) is 17.1 Å². The highest BCUT2D eigenvalue weighted by Crippen LogP contribution is 2.33. The predicted molar refractivity (Wildman–Crippen MR) is 118 cm³/mol. The Hall–Kier alpha value is -3.03. The molecule has 0 saturated heterocycles. The molecule has 31 heavy (non-hydrogen) atoms. The molecule has 0 unspecified atom stereocenters.